The van der Waals surface area contributed by atoms with Crippen LogP contribution >= 0.6 is 23.2 Å². The van der Waals surface area contributed by atoms with Gasteiger partial charge in [-0.2, -0.15) is 0 Å². The fourth-order valence-corrected chi connectivity index (χ4v) is 3.59. The van der Waals surface area contributed by atoms with Gasteiger partial charge in [-0.3, -0.25) is 0 Å². The number of aromatic carboxylic acids is 1. The number of rotatable bonds is 7. The number of aryl methyl sites for hydroxylation is 1. The van der Waals surface area contributed by atoms with Crippen molar-refractivity contribution in [3.05, 3.63) is 92.5 Å². The van der Waals surface area contributed by atoms with Crippen molar-refractivity contribution in [1.82, 2.24) is 0 Å². The summed E-state index contributed by atoms with van der Waals surface area (Å²) in [6, 6.07) is 16.6. The van der Waals surface area contributed by atoms with Gasteiger partial charge in [-0.05, 0) is 49.2 Å². The second kappa shape index (κ2) is 9.21. The van der Waals surface area contributed by atoms with Gasteiger partial charge in [0.1, 0.15) is 12.4 Å². The fraction of sp³-hybridized carbons (Fsp3) is 0.174. The topological polar surface area (TPSA) is 58.6 Å². The second-order valence-electron chi connectivity index (χ2n) is 6.79. The van der Waals surface area contributed by atoms with E-state index in [0.717, 1.165) is 16.8 Å². The average molecular weight is 430 g/mol. The molecule has 0 saturated carbocycles. The Labute approximate surface area is 180 Å². The van der Waals surface area contributed by atoms with Gasteiger partial charge in [-0.1, -0.05) is 59.1 Å². The molecule has 0 heterocycles. The highest BCUT2D eigenvalue weighted by atomic mass is 35.5. The Morgan fingerprint density at radius 1 is 1.07 bits per heavy atom. The lowest BCUT2D eigenvalue weighted by Crippen LogP contribution is -2.07. The highest BCUT2D eigenvalue weighted by Gasteiger charge is 2.14. The van der Waals surface area contributed by atoms with E-state index in [9.17, 15) is 9.90 Å². The van der Waals surface area contributed by atoms with Crippen molar-refractivity contribution in [1.29, 1.82) is 0 Å². The van der Waals surface area contributed by atoms with Gasteiger partial charge in [0.05, 0.1) is 10.6 Å². The quantitative estimate of drug-likeness (QED) is 0.449. The Balaban J connectivity index is 1.81. The Bertz CT molecular complexity index is 1030. The first-order valence-corrected chi connectivity index (χ1v) is 9.84. The molecule has 0 aliphatic carbocycles. The summed E-state index contributed by atoms with van der Waals surface area (Å²) < 4.78 is 6.00. The molecule has 6 heteroatoms. The molecule has 0 aromatic heterocycles. The Hall–Kier alpha value is -2.69. The summed E-state index contributed by atoms with van der Waals surface area (Å²) in [5.74, 6) is -0.407. The molecule has 2 N–H and O–H groups in total. The minimum atomic E-state index is -0.959. The Kier molecular flexibility index (Phi) is 6.68. The van der Waals surface area contributed by atoms with Gasteiger partial charge >= 0.3 is 5.97 Å². The van der Waals surface area contributed by atoms with Crippen LogP contribution in [0.5, 0.6) is 5.75 Å². The van der Waals surface area contributed by atoms with Crippen molar-refractivity contribution in [3.8, 4) is 5.75 Å². The van der Waals surface area contributed by atoms with Crippen molar-refractivity contribution in [2.75, 3.05) is 5.32 Å². The molecular weight excluding hydrogens is 409 g/mol. The molecule has 0 amide bonds. The maximum absolute atomic E-state index is 11.3. The molecule has 0 fully saturated rings. The lowest BCUT2D eigenvalue weighted by Gasteiger charge is -2.16. The number of carbonyl (C=O) groups is 1. The first-order valence-electron chi connectivity index (χ1n) is 9.08. The molecule has 3 aromatic rings. The first kappa shape index (κ1) is 21.0. The fourth-order valence-electron chi connectivity index (χ4n) is 3.00. The number of anilines is 1. The van der Waals surface area contributed by atoms with Crippen LogP contribution in [0.25, 0.3) is 0 Å². The van der Waals surface area contributed by atoms with Gasteiger partial charge in [-0.15, -0.1) is 0 Å². The van der Waals surface area contributed by atoms with Gasteiger partial charge in [0.15, 0.2) is 0 Å². The van der Waals surface area contributed by atoms with E-state index in [2.05, 4.69) is 5.32 Å². The third kappa shape index (κ3) is 5.22. The van der Waals surface area contributed by atoms with Crippen LogP contribution < -0.4 is 10.1 Å². The summed E-state index contributed by atoms with van der Waals surface area (Å²) in [5.41, 5.74) is 4.65. The van der Waals surface area contributed by atoms with E-state index in [1.54, 1.807) is 31.2 Å². The number of halogens is 2. The highest BCUT2D eigenvalue weighted by molar-refractivity contribution is 6.35. The van der Waals surface area contributed by atoms with Crippen molar-refractivity contribution in [2.24, 2.45) is 0 Å². The summed E-state index contributed by atoms with van der Waals surface area (Å²) in [6.45, 7) is 4.56. The minimum Gasteiger partial charge on any atom is -0.487 e. The molecule has 29 heavy (non-hydrogen) atoms. The molecule has 0 unspecified atom stereocenters. The van der Waals surface area contributed by atoms with E-state index in [0.29, 0.717) is 34.5 Å². The molecule has 0 aliphatic rings. The van der Waals surface area contributed by atoms with Gasteiger partial charge in [0.25, 0.3) is 0 Å². The number of carboxylic acid groups (broad SMARTS) is 1. The number of hydrogen-bond acceptors (Lipinski definition) is 3. The number of carboxylic acids is 1. The van der Waals surface area contributed by atoms with E-state index in [4.69, 9.17) is 27.9 Å². The van der Waals surface area contributed by atoms with Crippen molar-refractivity contribution < 1.29 is 14.6 Å². The lowest BCUT2D eigenvalue weighted by molar-refractivity contribution is 0.0696. The summed E-state index contributed by atoms with van der Waals surface area (Å²) in [6.07, 6.45) is 0. The van der Waals surface area contributed by atoms with Crippen molar-refractivity contribution in [2.45, 2.75) is 27.0 Å². The van der Waals surface area contributed by atoms with Crippen LogP contribution in [0.3, 0.4) is 0 Å². The van der Waals surface area contributed by atoms with E-state index in [-0.39, 0.29) is 5.56 Å². The van der Waals surface area contributed by atoms with Gasteiger partial charge in [-0.25, -0.2) is 4.79 Å². The monoisotopic (exact) mass is 429 g/mol. The number of benzene rings is 3. The zero-order valence-corrected chi connectivity index (χ0v) is 17.6. The van der Waals surface area contributed by atoms with Gasteiger partial charge in [0, 0.05) is 22.8 Å². The average Bonchev–Trinajstić information content (AvgIpc) is 2.67. The molecule has 0 aliphatic heterocycles. The highest BCUT2D eigenvalue weighted by Crippen LogP contribution is 2.34. The molecule has 150 valence electrons. The predicted molar refractivity (Wildman–Crippen MR) is 117 cm³/mol. The number of hydrogen-bond donors (Lipinski definition) is 2. The molecule has 0 atom stereocenters. The third-order valence-electron chi connectivity index (χ3n) is 4.62. The maximum atomic E-state index is 11.3. The SMILES string of the molecule is Cc1ccc(COc2c(Cl)cc(Cl)cc2CNc2cccc(C(=O)O)c2C)cc1. The van der Waals surface area contributed by atoms with Crippen LogP contribution in [-0.2, 0) is 13.2 Å². The molecule has 0 radical (unpaired) electrons. The van der Waals surface area contributed by atoms with Crippen molar-refractivity contribution in [3.63, 3.8) is 0 Å². The summed E-state index contributed by atoms with van der Waals surface area (Å²) >= 11 is 12.6. The van der Waals surface area contributed by atoms with Crippen LogP contribution in [0.4, 0.5) is 5.69 Å². The Morgan fingerprint density at radius 3 is 2.48 bits per heavy atom. The molecule has 3 rings (SSSR count). The van der Waals surface area contributed by atoms with Gasteiger partial charge in [0.2, 0.25) is 0 Å². The standard InChI is InChI=1S/C23H21Cl2NO3/c1-14-6-8-16(9-7-14)13-29-22-17(10-18(24)11-20(22)25)12-26-21-5-3-4-19(15(21)2)23(27)28/h3-11,26H,12-13H2,1-2H3,(H,27,28). The van der Waals surface area contributed by atoms with Crippen LogP contribution in [0.2, 0.25) is 10.0 Å². The third-order valence-corrected chi connectivity index (χ3v) is 5.12. The summed E-state index contributed by atoms with van der Waals surface area (Å²) in [4.78, 5) is 11.3. The largest absolute Gasteiger partial charge is 0.487 e. The lowest BCUT2D eigenvalue weighted by atomic mass is 10.1. The maximum Gasteiger partial charge on any atom is 0.336 e. The first-order chi connectivity index (χ1) is 13.8. The van der Waals surface area contributed by atoms with E-state index in [1.807, 2.05) is 37.3 Å². The van der Waals surface area contributed by atoms with Crippen LogP contribution in [-0.4, -0.2) is 11.1 Å². The van der Waals surface area contributed by atoms with E-state index in [1.165, 1.54) is 5.56 Å². The number of nitrogens with one attached hydrogen (secondary N) is 1. The predicted octanol–water partition coefficient (Wildman–Crippen LogP) is 6.50. The number of ether oxygens (including phenoxy) is 1. The molecule has 4 nitrogen and oxygen atoms in total. The molecular formula is C23H21Cl2NO3. The smallest absolute Gasteiger partial charge is 0.336 e. The van der Waals surface area contributed by atoms with Gasteiger partial charge < -0.3 is 15.2 Å². The zero-order valence-electron chi connectivity index (χ0n) is 16.1. The summed E-state index contributed by atoms with van der Waals surface area (Å²) in [7, 11) is 0. The normalized spacial score (nSPS) is 10.6. The van der Waals surface area contributed by atoms with E-state index >= 15 is 0 Å². The molecule has 0 spiro atoms. The summed E-state index contributed by atoms with van der Waals surface area (Å²) in [5, 5.41) is 13.5. The van der Waals surface area contributed by atoms with Crippen LogP contribution in [0.1, 0.15) is 32.6 Å². The van der Waals surface area contributed by atoms with E-state index < -0.39 is 5.97 Å². The second-order valence-corrected chi connectivity index (χ2v) is 7.63. The van der Waals surface area contributed by atoms with Crippen LogP contribution in [0.15, 0.2) is 54.6 Å². The Morgan fingerprint density at radius 2 is 1.79 bits per heavy atom. The zero-order chi connectivity index (χ0) is 21.0. The molecule has 3 aromatic carbocycles. The van der Waals surface area contributed by atoms with Crippen LogP contribution in [0, 0.1) is 13.8 Å². The van der Waals surface area contributed by atoms with Crippen molar-refractivity contribution >= 4 is 34.9 Å². The molecule has 0 bridgehead atoms. The molecule has 0 saturated heterocycles. The minimum absolute atomic E-state index is 0.259.